The molecular weight excluding hydrogens is 340 g/mol. The third-order valence-electron chi connectivity index (χ3n) is 3.73. The van der Waals surface area contributed by atoms with E-state index in [0.717, 1.165) is 5.75 Å². The molecule has 0 atom stereocenters. The number of carbonyl (C=O) groups excluding carboxylic acids is 1. The zero-order valence-electron chi connectivity index (χ0n) is 14.6. The van der Waals surface area contributed by atoms with Crippen molar-refractivity contribution in [1.82, 2.24) is 10.3 Å². The van der Waals surface area contributed by atoms with Crippen LogP contribution in [0.2, 0.25) is 0 Å². The largest absolute Gasteiger partial charge is 0.457 e. The summed E-state index contributed by atoms with van der Waals surface area (Å²) in [4.78, 5) is 16.3. The smallest absolute Gasteiger partial charge is 0.251 e. The molecule has 0 aliphatic rings. The Bertz CT molecular complexity index is 934. The van der Waals surface area contributed by atoms with Crippen LogP contribution in [0.5, 0.6) is 11.5 Å². The first-order chi connectivity index (χ1) is 13.3. The van der Waals surface area contributed by atoms with Crippen molar-refractivity contribution in [3.05, 3.63) is 84.1 Å². The van der Waals surface area contributed by atoms with Crippen LogP contribution >= 0.6 is 0 Å². The molecule has 3 rings (SSSR count). The molecule has 0 bridgehead atoms. The molecule has 0 saturated heterocycles. The summed E-state index contributed by atoms with van der Waals surface area (Å²) in [5.41, 5.74) is 1.02. The van der Waals surface area contributed by atoms with Crippen molar-refractivity contribution in [2.24, 2.45) is 0 Å². The molecule has 0 unspecified atom stereocenters. The van der Waals surface area contributed by atoms with E-state index in [0.29, 0.717) is 35.8 Å². The van der Waals surface area contributed by atoms with E-state index in [1.165, 1.54) is 0 Å². The van der Waals surface area contributed by atoms with Gasteiger partial charge in [0.2, 0.25) is 0 Å². The monoisotopic (exact) mass is 358 g/mol. The van der Waals surface area contributed by atoms with Gasteiger partial charge in [0.25, 0.3) is 5.91 Å². The highest BCUT2D eigenvalue weighted by Crippen LogP contribution is 2.21. The highest BCUT2D eigenvalue weighted by molar-refractivity contribution is 5.94. The molecule has 1 aromatic heterocycles. The van der Waals surface area contributed by atoms with Gasteiger partial charge >= 0.3 is 0 Å². The van der Waals surface area contributed by atoms with Crippen molar-refractivity contribution in [3.8, 4) is 17.6 Å². The van der Waals surface area contributed by atoms with E-state index < -0.39 is 0 Å². The molecule has 0 aliphatic heterocycles. The van der Waals surface area contributed by atoms with Gasteiger partial charge in [0.05, 0.1) is 5.56 Å². The second-order valence-corrected chi connectivity index (χ2v) is 5.63. The number of nitriles is 1. The van der Waals surface area contributed by atoms with Crippen LogP contribution in [-0.4, -0.2) is 24.0 Å². The lowest BCUT2D eigenvalue weighted by Crippen LogP contribution is -2.29. The van der Waals surface area contributed by atoms with Gasteiger partial charge < -0.3 is 15.4 Å². The van der Waals surface area contributed by atoms with Crippen molar-refractivity contribution in [2.45, 2.75) is 0 Å². The number of benzene rings is 2. The van der Waals surface area contributed by atoms with Crippen LogP contribution in [0.4, 0.5) is 5.82 Å². The number of hydrogen-bond donors (Lipinski definition) is 2. The zero-order chi connectivity index (χ0) is 18.9. The van der Waals surface area contributed by atoms with Gasteiger partial charge in [-0.05, 0) is 48.5 Å². The lowest BCUT2D eigenvalue weighted by molar-refractivity contribution is 0.0955. The number of aromatic nitrogens is 1. The third-order valence-corrected chi connectivity index (χ3v) is 3.73. The first kappa shape index (κ1) is 18.0. The Balaban J connectivity index is 1.47. The van der Waals surface area contributed by atoms with Crippen LogP contribution in [0.1, 0.15) is 15.9 Å². The van der Waals surface area contributed by atoms with E-state index in [-0.39, 0.29) is 5.91 Å². The number of pyridine rings is 1. The Labute approximate surface area is 157 Å². The van der Waals surface area contributed by atoms with Gasteiger partial charge in [-0.3, -0.25) is 4.79 Å². The highest BCUT2D eigenvalue weighted by atomic mass is 16.5. The molecule has 6 heteroatoms. The average molecular weight is 358 g/mol. The van der Waals surface area contributed by atoms with Crippen LogP contribution in [-0.2, 0) is 0 Å². The molecular formula is C21H18N4O2. The zero-order valence-corrected chi connectivity index (χ0v) is 14.6. The molecule has 0 aliphatic carbocycles. The van der Waals surface area contributed by atoms with Gasteiger partial charge in [-0.25, -0.2) is 4.98 Å². The SMILES string of the molecule is N#Cc1cccnc1NCCNC(=O)c1ccc(Oc2ccccc2)cc1. The van der Waals surface area contributed by atoms with E-state index in [9.17, 15) is 4.79 Å². The van der Waals surface area contributed by atoms with Crippen molar-refractivity contribution < 1.29 is 9.53 Å². The fourth-order valence-corrected chi connectivity index (χ4v) is 2.39. The molecule has 0 fully saturated rings. The first-order valence-corrected chi connectivity index (χ1v) is 8.46. The summed E-state index contributed by atoms with van der Waals surface area (Å²) in [6.07, 6.45) is 1.61. The maximum atomic E-state index is 12.2. The van der Waals surface area contributed by atoms with Crippen molar-refractivity contribution >= 4 is 11.7 Å². The number of amides is 1. The number of nitrogens with zero attached hydrogens (tertiary/aromatic N) is 2. The molecule has 134 valence electrons. The number of ether oxygens (including phenoxy) is 1. The van der Waals surface area contributed by atoms with Gasteiger partial charge in [-0.15, -0.1) is 0 Å². The maximum Gasteiger partial charge on any atom is 0.251 e. The molecule has 3 aromatic rings. The predicted octanol–water partition coefficient (Wildman–Crippen LogP) is 3.59. The quantitative estimate of drug-likeness (QED) is 0.630. The van der Waals surface area contributed by atoms with Crippen LogP contribution in [0.3, 0.4) is 0 Å². The number of hydrogen-bond acceptors (Lipinski definition) is 5. The first-order valence-electron chi connectivity index (χ1n) is 8.46. The Morgan fingerprint density at radius 1 is 0.963 bits per heavy atom. The summed E-state index contributed by atoms with van der Waals surface area (Å²) in [5, 5.41) is 14.9. The van der Waals surface area contributed by atoms with E-state index in [1.807, 2.05) is 30.3 Å². The molecule has 0 saturated carbocycles. The summed E-state index contributed by atoms with van der Waals surface area (Å²) in [6, 6.07) is 21.9. The topological polar surface area (TPSA) is 87.0 Å². The molecule has 2 aromatic carbocycles. The van der Waals surface area contributed by atoms with Gasteiger partial charge in [-0.2, -0.15) is 5.26 Å². The molecule has 1 amide bonds. The minimum Gasteiger partial charge on any atom is -0.457 e. The second-order valence-electron chi connectivity index (χ2n) is 5.63. The van der Waals surface area contributed by atoms with Gasteiger partial charge in [-0.1, -0.05) is 18.2 Å². The molecule has 0 spiro atoms. The Morgan fingerprint density at radius 3 is 2.44 bits per heavy atom. The highest BCUT2D eigenvalue weighted by Gasteiger charge is 2.06. The minimum atomic E-state index is -0.176. The van der Waals surface area contributed by atoms with Crippen LogP contribution in [0, 0.1) is 11.3 Å². The Hall–Kier alpha value is -3.85. The normalized spacial score (nSPS) is 9.89. The Morgan fingerprint density at radius 2 is 1.70 bits per heavy atom. The van der Waals surface area contributed by atoms with Gasteiger partial charge in [0.15, 0.2) is 0 Å². The number of rotatable bonds is 7. The fraction of sp³-hybridized carbons (Fsp3) is 0.0952. The van der Waals surface area contributed by atoms with Crippen molar-refractivity contribution in [2.75, 3.05) is 18.4 Å². The average Bonchev–Trinajstić information content (AvgIpc) is 2.72. The lowest BCUT2D eigenvalue weighted by atomic mass is 10.2. The number of para-hydroxylation sites is 1. The minimum absolute atomic E-state index is 0.176. The summed E-state index contributed by atoms with van der Waals surface area (Å²) < 4.78 is 5.71. The summed E-state index contributed by atoms with van der Waals surface area (Å²) >= 11 is 0. The predicted molar refractivity (Wildman–Crippen MR) is 103 cm³/mol. The van der Waals surface area contributed by atoms with Crippen molar-refractivity contribution in [3.63, 3.8) is 0 Å². The lowest BCUT2D eigenvalue weighted by Gasteiger charge is -2.09. The second kappa shape index (κ2) is 9.02. The fourth-order valence-electron chi connectivity index (χ4n) is 2.39. The van der Waals surface area contributed by atoms with E-state index >= 15 is 0 Å². The molecule has 6 nitrogen and oxygen atoms in total. The van der Waals surface area contributed by atoms with E-state index in [4.69, 9.17) is 10.00 Å². The van der Waals surface area contributed by atoms with Crippen LogP contribution in [0.25, 0.3) is 0 Å². The van der Waals surface area contributed by atoms with Crippen molar-refractivity contribution in [1.29, 1.82) is 5.26 Å². The number of carbonyl (C=O) groups is 1. The number of nitrogens with one attached hydrogen (secondary N) is 2. The van der Waals surface area contributed by atoms with E-state index in [2.05, 4.69) is 21.7 Å². The van der Waals surface area contributed by atoms with Gasteiger partial charge in [0.1, 0.15) is 23.4 Å². The van der Waals surface area contributed by atoms with E-state index in [1.54, 1.807) is 42.6 Å². The molecule has 27 heavy (non-hydrogen) atoms. The standard InChI is InChI=1S/C21H18N4O2/c22-15-17-5-4-12-23-20(17)24-13-14-25-21(26)16-8-10-19(11-9-16)27-18-6-2-1-3-7-18/h1-12H,13-14H2,(H,23,24)(H,25,26). The van der Waals surface area contributed by atoms with Crippen LogP contribution in [0.15, 0.2) is 72.9 Å². The summed E-state index contributed by atoms with van der Waals surface area (Å²) in [6.45, 7) is 0.870. The summed E-state index contributed by atoms with van der Waals surface area (Å²) in [5.74, 6) is 1.74. The van der Waals surface area contributed by atoms with Gasteiger partial charge in [0, 0.05) is 24.8 Å². The van der Waals surface area contributed by atoms with Crippen LogP contribution < -0.4 is 15.4 Å². The molecule has 2 N–H and O–H groups in total. The molecule has 1 heterocycles. The number of anilines is 1. The Kier molecular flexibility index (Phi) is 6.00. The molecule has 0 radical (unpaired) electrons. The maximum absolute atomic E-state index is 12.2. The third kappa shape index (κ3) is 5.06. The summed E-state index contributed by atoms with van der Waals surface area (Å²) in [7, 11) is 0.